The first-order chi connectivity index (χ1) is 14.6. The Kier molecular flexibility index (Phi) is 4.20. The van der Waals surface area contributed by atoms with Crippen LogP contribution in [0.3, 0.4) is 0 Å². The van der Waals surface area contributed by atoms with Gasteiger partial charge in [-0.25, -0.2) is 0 Å². The van der Waals surface area contributed by atoms with Crippen LogP contribution >= 0.6 is 11.6 Å². The lowest BCUT2D eigenvalue weighted by molar-refractivity contribution is -0.0741. The summed E-state index contributed by atoms with van der Waals surface area (Å²) in [5.41, 5.74) is 4.07. The molecule has 6 heteroatoms. The van der Waals surface area contributed by atoms with E-state index in [0.717, 1.165) is 42.5 Å². The van der Waals surface area contributed by atoms with Crippen LogP contribution in [0.2, 0.25) is 5.02 Å². The maximum Gasteiger partial charge on any atom is 0.256 e. The number of likely N-dealkylation sites (tertiary alicyclic amines) is 1. The van der Waals surface area contributed by atoms with Crippen LogP contribution in [0, 0.1) is 0 Å². The number of fused-ring (bicyclic) bond motifs is 3. The molecule has 30 heavy (non-hydrogen) atoms. The van der Waals surface area contributed by atoms with Crippen LogP contribution in [0.15, 0.2) is 48.7 Å². The van der Waals surface area contributed by atoms with Gasteiger partial charge in [0.2, 0.25) is 0 Å². The van der Waals surface area contributed by atoms with Gasteiger partial charge in [0, 0.05) is 29.7 Å². The number of epoxide rings is 1. The zero-order valence-corrected chi connectivity index (χ0v) is 17.4. The van der Waals surface area contributed by atoms with Gasteiger partial charge >= 0.3 is 0 Å². The molecule has 0 saturated carbocycles. The molecule has 1 spiro atoms. The lowest BCUT2D eigenvalue weighted by atomic mass is 9.83. The highest BCUT2D eigenvalue weighted by Gasteiger charge is 2.43. The molecule has 3 aromatic rings. The van der Waals surface area contributed by atoms with E-state index in [1.165, 1.54) is 11.1 Å². The van der Waals surface area contributed by atoms with Gasteiger partial charge in [-0.05, 0) is 36.1 Å². The van der Waals surface area contributed by atoms with E-state index in [-0.39, 0.29) is 17.6 Å². The summed E-state index contributed by atoms with van der Waals surface area (Å²) >= 11 is 6.24. The molecular formula is C24H23ClN2O3. The number of hydrogen-bond acceptors (Lipinski definition) is 3. The Bertz CT molecular complexity index is 1140. The van der Waals surface area contributed by atoms with Gasteiger partial charge in [0.1, 0.15) is 0 Å². The van der Waals surface area contributed by atoms with Gasteiger partial charge < -0.3 is 18.9 Å². The standard InChI is InChI=1S/C24H23ClN2O3/c25-17-5-6-19-20(13-27(22(19)11-17)12-18-15-29-18)23(28)26-9-7-24(8-10-26)21-4-2-1-3-16(21)14-30-24/h1-6,11,13,18H,7-10,12,14-15H2. The number of amides is 1. The lowest BCUT2D eigenvalue weighted by Gasteiger charge is -2.39. The Morgan fingerprint density at radius 2 is 1.97 bits per heavy atom. The van der Waals surface area contributed by atoms with E-state index in [4.69, 9.17) is 21.1 Å². The van der Waals surface area contributed by atoms with E-state index in [9.17, 15) is 4.79 Å². The molecule has 2 saturated heterocycles. The second kappa shape index (κ2) is 6.84. The smallest absolute Gasteiger partial charge is 0.256 e. The molecule has 2 fully saturated rings. The minimum Gasteiger partial charge on any atom is -0.371 e. The fourth-order valence-electron chi connectivity index (χ4n) is 5.02. The Morgan fingerprint density at radius 1 is 1.17 bits per heavy atom. The topological polar surface area (TPSA) is 47.0 Å². The van der Waals surface area contributed by atoms with E-state index in [1.807, 2.05) is 29.3 Å². The molecule has 3 aliphatic heterocycles. The predicted molar refractivity (Wildman–Crippen MR) is 115 cm³/mol. The molecular weight excluding hydrogens is 400 g/mol. The molecule has 0 radical (unpaired) electrons. The van der Waals surface area contributed by atoms with Crippen molar-refractivity contribution < 1.29 is 14.3 Å². The molecule has 3 aliphatic rings. The van der Waals surface area contributed by atoms with Crippen molar-refractivity contribution in [2.45, 2.75) is 37.7 Å². The van der Waals surface area contributed by atoms with Crippen LogP contribution < -0.4 is 0 Å². The number of piperidine rings is 1. The third-order valence-electron chi connectivity index (χ3n) is 6.75. The number of aromatic nitrogens is 1. The number of benzene rings is 2. The lowest BCUT2D eigenvalue weighted by Crippen LogP contribution is -2.45. The second-order valence-electron chi connectivity index (χ2n) is 8.54. The molecule has 0 aliphatic carbocycles. The van der Waals surface area contributed by atoms with Crippen molar-refractivity contribution in [3.05, 3.63) is 70.4 Å². The van der Waals surface area contributed by atoms with Crippen molar-refractivity contribution in [1.82, 2.24) is 9.47 Å². The Labute approximate surface area is 180 Å². The third-order valence-corrected chi connectivity index (χ3v) is 6.98. The van der Waals surface area contributed by atoms with E-state index in [1.54, 1.807) is 0 Å². The quantitative estimate of drug-likeness (QED) is 0.589. The Balaban J connectivity index is 1.27. The van der Waals surface area contributed by atoms with Crippen LogP contribution in [-0.4, -0.2) is 41.2 Å². The van der Waals surface area contributed by atoms with Gasteiger partial charge in [0.05, 0.1) is 42.5 Å². The van der Waals surface area contributed by atoms with Crippen molar-refractivity contribution >= 4 is 28.4 Å². The summed E-state index contributed by atoms with van der Waals surface area (Å²) in [6, 6.07) is 14.2. The van der Waals surface area contributed by atoms with Gasteiger partial charge in [-0.3, -0.25) is 4.79 Å². The van der Waals surface area contributed by atoms with Crippen LogP contribution in [-0.2, 0) is 28.2 Å². The number of hydrogen-bond donors (Lipinski definition) is 0. The first-order valence-corrected chi connectivity index (χ1v) is 10.9. The molecule has 1 atom stereocenters. The summed E-state index contributed by atoms with van der Waals surface area (Å²) in [7, 11) is 0. The molecule has 5 nitrogen and oxygen atoms in total. The highest BCUT2D eigenvalue weighted by Crippen LogP contribution is 2.44. The van der Waals surface area contributed by atoms with Crippen molar-refractivity contribution in [3.63, 3.8) is 0 Å². The average molecular weight is 423 g/mol. The molecule has 6 rings (SSSR count). The number of carbonyl (C=O) groups excluding carboxylic acids is 1. The number of ether oxygens (including phenoxy) is 2. The Hall–Kier alpha value is -2.34. The average Bonchev–Trinajstić information content (AvgIpc) is 3.43. The molecule has 2 aromatic carbocycles. The molecule has 0 N–H and O–H groups in total. The van der Waals surface area contributed by atoms with Crippen molar-refractivity contribution in [1.29, 1.82) is 0 Å². The Morgan fingerprint density at radius 3 is 2.77 bits per heavy atom. The maximum atomic E-state index is 13.5. The second-order valence-corrected chi connectivity index (χ2v) is 8.98. The predicted octanol–water partition coefficient (Wildman–Crippen LogP) is 4.36. The summed E-state index contributed by atoms with van der Waals surface area (Å²) < 4.78 is 13.8. The SMILES string of the molecule is O=C(c1cn(CC2CO2)c2cc(Cl)ccc12)N1CCC2(CC1)OCc1ccccc12. The zero-order valence-electron chi connectivity index (χ0n) is 16.6. The molecule has 1 amide bonds. The van der Waals surface area contributed by atoms with Crippen molar-refractivity contribution in [3.8, 4) is 0 Å². The van der Waals surface area contributed by atoms with Crippen molar-refractivity contribution in [2.24, 2.45) is 0 Å². The van der Waals surface area contributed by atoms with Gasteiger partial charge in [0.25, 0.3) is 5.91 Å². The van der Waals surface area contributed by atoms with Crippen LogP contribution in [0.1, 0.15) is 34.3 Å². The summed E-state index contributed by atoms with van der Waals surface area (Å²) in [6.45, 7) is 3.58. The summed E-state index contributed by atoms with van der Waals surface area (Å²) in [5, 5.41) is 1.63. The highest BCUT2D eigenvalue weighted by molar-refractivity contribution is 6.31. The minimum atomic E-state index is -0.238. The van der Waals surface area contributed by atoms with Crippen LogP contribution in [0.4, 0.5) is 0 Å². The number of halogens is 1. The van der Waals surface area contributed by atoms with Gasteiger partial charge in [0.15, 0.2) is 0 Å². The number of nitrogens with zero attached hydrogens (tertiary/aromatic N) is 2. The zero-order chi connectivity index (χ0) is 20.3. The first kappa shape index (κ1) is 18.4. The summed E-state index contributed by atoms with van der Waals surface area (Å²) in [4.78, 5) is 15.4. The van der Waals surface area contributed by atoms with Gasteiger partial charge in [-0.2, -0.15) is 0 Å². The third kappa shape index (κ3) is 2.96. The van der Waals surface area contributed by atoms with Crippen LogP contribution in [0.25, 0.3) is 10.9 Å². The van der Waals surface area contributed by atoms with E-state index in [2.05, 4.69) is 28.8 Å². The largest absolute Gasteiger partial charge is 0.371 e. The summed E-state index contributed by atoms with van der Waals surface area (Å²) in [5.74, 6) is 0.0823. The first-order valence-electron chi connectivity index (χ1n) is 10.5. The van der Waals surface area contributed by atoms with E-state index in [0.29, 0.717) is 24.7 Å². The minimum absolute atomic E-state index is 0.0823. The van der Waals surface area contributed by atoms with Crippen molar-refractivity contribution in [2.75, 3.05) is 19.7 Å². The highest BCUT2D eigenvalue weighted by atomic mass is 35.5. The fourth-order valence-corrected chi connectivity index (χ4v) is 5.19. The molecule has 0 bridgehead atoms. The summed E-state index contributed by atoms with van der Waals surface area (Å²) in [6.07, 6.45) is 3.86. The van der Waals surface area contributed by atoms with E-state index >= 15 is 0 Å². The maximum absolute atomic E-state index is 13.5. The number of carbonyl (C=O) groups is 1. The van der Waals surface area contributed by atoms with Crippen LogP contribution in [0.5, 0.6) is 0 Å². The molecule has 154 valence electrons. The molecule has 1 aromatic heterocycles. The normalized spacial score (nSPS) is 21.9. The molecule has 1 unspecified atom stereocenters. The van der Waals surface area contributed by atoms with E-state index < -0.39 is 0 Å². The fraction of sp³-hybridized carbons (Fsp3) is 0.375. The van der Waals surface area contributed by atoms with Gasteiger partial charge in [-0.15, -0.1) is 0 Å². The number of rotatable bonds is 3. The van der Waals surface area contributed by atoms with Gasteiger partial charge in [-0.1, -0.05) is 41.9 Å². The monoisotopic (exact) mass is 422 g/mol. The molecule has 4 heterocycles.